The lowest BCUT2D eigenvalue weighted by molar-refractivity contribution is 0.103. The van der Waals surface area contributed by atoms with Gasteiger partial charge in [0, 0.05) is 20.6 Å². The smallest absolute Gasteiger partial charge is 0.193 e. The van der Waals surface area contributed by atoms with E-state index in [0.717, 1.165) is 39.6 Å². The van der Waals surface area contributed by atoms with E-state index < -0.39 is 0 Å². The van der Waals surface area contributed by atoms with Crippen LogP contribution in [-0.4, -0.2) is 5.78 Å². The van der Waals surface area contributed by atoms with Crippen LogP contribution in [0.15, 0.2) is 40.9 Å². The summed E-state index contributed by atoms with van der Waals surface area (Å²) in [4.78, 5) is 12.6. The molecule has 0 heterocycles. The summed E-state index contributed by atoms with van der Waals surface area (Å²) in [6.07, 6.45) is 1.67. The lowest BCUT2D eigenvalue weighted by atomic mass is 9.99. The molecule has 0 saturated heterocycles. The van der Waals surface area contributed by atoms with Crippen molar-refractivity contribution in [1.82, 2.24) is 0 Å². The first-order valence-electron chi connectivity index (χ1n) is 5.77. The van der Waals surface area contributed by atoms with Crippen molar-refractivity contribution in [3.63, 3.8) is 0 Å². The molecule has 2 aromatic rings. The van der Waals surface area contributed by atoms with E-state index in [1.807, 2.05) is 36.4 Å². The highest BCUT2D eigenvalue weighted by Crippen LogP contribution is 2.30. The quantitative estimate of drug-likeness (QED) is 0.701. The summed E-state index contributed by atoms with van der Waals surface area (Å²) in [5.41, 5.74) is 3.58. The highest BCUT2D eigenvalue weighted by molar-refractivity contribution is 9.10. The predicted molar refractivity (Wildman–Crippen MR) is 76.4 cm³/mol. The molecule has 0 aliphatic heterocycles. The van der Waals surface area contributed by atoms with E-state index in [9.17, 15) is 4.79 Å². The molecule has 1 nitrogen and oxygen atoms in total. The van der Waals surface area contributed by atoms with Crippen molar-refractivity contribution >= 4 is 33.3 Å². The molecule has 0 bridgehead atoms. The Balaban J connectivity index is 2.23. The van der Waals surface area contributed by atoms with E-state index >= 15 is 0 Å². The van der Waals surface area contributed by atoms with Crippen molar-refractivity contribution in [1.29, 1.82) is 0 Å². The van der Waals surface area contributed by atoms with Gasteiger partial charge in [-0.3, -0.25) is 4.79 Å². The molecule has 0 saturated carbocycles. The molecule has 1 aliphatic carbocycles. The highest BCUT2D eigenvalue weighted by atomic mass is 79.9. The zero-order valence-corrected chi connectivity index (χ0v) is 11.9. The van der Waals surface area contributed by atoms with Crippen molar-refractivity contribution in [2.24, 2.45) is 0 Å². The third-order valence-electron chi connectivity index (χ3n) is 3.32. The maximum absolute atomic E-state index is 12.6. The molecule has 1 aliphatic rings. The number of halogens is 2. The van der Waals surface area contributed by atoms with E-state index in [1.54, 1.807) is 0 Å². The number of carbonyl (C=O) groups excluding carboxylic acids is 1. The summed E-state index contributed by atoms with van der Waals surface area (Å²) in [6, 6.07) is 11.4. The van der Waals surface area contributed by atoms with Crippen LogP contribution in [-0.2, 0) is 12.8 Å². The van der Waals surface area contributed by atoms with Crippen molar-refractivity contribution < 1.29 is 4.79 Å². The first-order chi connectivity index (χ1) is 8.66. The molecule has 2 aromatic carbocycles. The Bertz CT molecular complexity index is 645. The normalized spacial score (nSPS) is 13.8. The van der Waals surface area contributed by atoms with Crippen LogP contribution < -0.4 is 0 Å². The van der Waals surface area contributed by atoms with Crippen molar-refractivity contribution in [2.45, 2.75) is 12.8 Å². The lowest BCUT2D eigenvalue weighted by Crippen LogP contribution is -2.04. The van der Waals surface area contributed by atoms with Crippen LogP contribution in [0.5, 0.6) is 0 Å². The topological polar surface area (TPSA) is 17.1 Å². The second-order valence-electron chi connectivity index (χ2n) is 4.40. The Kier molecular flexibility index (Phi) is 3.00. The third kappa shape index (κ3) is 1.90. The van der Waals surface area contributed by atoms with Gasteiger partial charge in [0.25, 0.3) is 0 Å². The molecule has 3 heteroatoms. The Morgan fingerprint density at radius 1 is 1.06 bits per heavy atom. The minimum absolute atomic E-state index is 0.0706. The van der Waals surface area contributed by atoms with Gasteiger partial charge in [0.2, 0.25) is 0 Å². The third-order valence-corrected chi connectivity index (χ3v) is 4.17. The average molecular weight is 322 g/mol. The molecule has 0 radical (unpaired) electrons. The van der Waals surface area contributed by atoms with E-state index in [1.165, 1.54) is 0 Å². The SMILES string of the molecule is O=C1c2cc(Br)ccc2CCc2c(Cl)cccc21. The van der Waals surface area contributed by atoms with Gasteiger partial charge < -0.3 is 0 Å². The second kappa shape index (κ2) is 4.52. The standard InChI is InChI=1S/C15H10BrClO/c16-10-6-4-9-5-7-11-12(2-1-3-14(11)17)15(18)13(9)8-10/h1-4,6,8H,5,7H2. The molecule has 0 N–H and O–H groups in total. The molecule has 3 rings (SSSR count). The van der Waals surface area contributed by atoms with Crippen molar-refractivity contribution in [2.75, 3.05) is 0 Å². The largest absolute Gasteiger partial charge is 0.289 e. The molecular weight excluding hydrogens is 312 g/mol. The monoisotopic (exact) mass is 320 g/mol. The zero-order chi connectivity index (χ0) is 12.7. The molecule has 0 unspecified atom stereocenters. The minimum atomic E-state index is 0.0706. The molecular formula is C15H10BrClO. The maximum Gasteiger partial charge on any atom is 0.193 e. The molecule has 90 valence electrons. The highest BCUT2D eigenvalue weighted by Gasteiger charge is 2.22. The molecule has 18 heavy (non-hydrogen) atoms. The van der Waals surface area contributed by atoms with E-state index in [4.69, 9.17) is 11.6 Å². The lowest BCUT2D eigenvalue weighted by Gasteiger charge is -2.06. The van der Waals surface area contributed by atoms with Crippen LogP contribution in [0, 0.1) is 0 Å². The van der Waals surface area contributed by atoms with Crippen molar-refractivity contribution in [3.8, 4) is 0 Å². The minimum Gasteiger partial charge on any atom is -0.289 e. The van der Waals surface area contributed by atoms with E-state index in [0.29, 0.717) is 5.02 Å². The van der Waals surface area contributed by atoms with Crippen LogP contribution in [0.4, 0.5) is 0 Å². The number of carbonyl (C=O) groups is 1. The molecule has 0 amide bonds. The number of fused-ring (bicyclic) bond motifs is 2. The average Bonchev–Trinajstić information content (AvgIpc) is 2.50. The summed E-state index contributed by atoms with van der Waals surface area (Å²) in [6.45, 7) is 0. The number of rotatable bonds is 0. The first kappa shape index (κ1) is 11.9. The molecule has 0 aromatic heterocycles. The summed E-state index contributed by atoms with van der Waals surface area (Å²) < 4.78 is 0.931. The number of benzene rings is 2. The van der Waals surface area contributed by atoms with Gasteiger partial charge in [0.1, 0.15) is 0 Å². The number of aryl methyl sites for hydroxylation is 1. The Morgan fingerprint density at radius 3 is 2.72 bits per heavy atom. The Morgan fingerprint density at radius 2 is 1.89 bits per heavy atom. The van der Waals surface area contributed by atoms with Crippen LogP contribution in [0.1, 0.15) is 27.0 Å². The van der Waals surface area contributed by atoms with Gasteiger partial charge >= 0.3 is 0 Å². The van der Waals surface area contributed by atoms with Gasteiger partial charge in [0.15, 0.2) is 5.78 Å². The van der Waals surface area contributed by atoms with Crippen LogP contribution >= 0.6 is 27.5 Å². The molecule has 0 atom stereocenters. The van der Waals surface area contributed by atoms with Crippen molar-refractivity contribution in [3.05, 3.63) is 68.1 Å². The van der Waals surface area contributed by atoms with Gasteiger partial charge in [-0.25, -0.2) is 0 Å². The number of hydrogen-bond acceptors (Lipinski definition) is 1. The van der Waals surface area contributed by atoms with Crippen LogP contribution in [0.2, 0.25) is 5.02 Å². The predicted octanol–water partition coefficient (Wildman–Crippen LogP) is 4.43. The Labute approximate surface area is 119 Å². The summed E-state index contributed by atoms with van der Waals surface area (Å²) in [5.74, 6) is 0.0706. The van der Waals surface area contributed by atoms with Gasteiger partial charge in [-0.05, 0) is 42.2 Å². The number of ketones is 1. The molecule has 0 fully saturated rings. The summed E-state index contributed by atoms with van der Waals surface area (Å²) >= 11 is 9.61. The maximum atomic E-state index is 12.6. The van der Waals surface area contributed by atoms with Gasteiger partial charge in [-0.15, -0.1) is 0 Å². The summed E-state index contributed by atoms with van der Waals surface area (Å²) in [7, 11) is 0. The fraction of sp³-hybridized carbons (Fsp3) is 0.133. The molecule has 0 spiro atoms. The van der Waals surface area contributed by atoms with Gasteiger partial charge in [-0.2, -0.15) is 0 Å². The van der Waals surface area contributed by atoms with Gasteiger partial charge in [-0.1, -0.05) is 45.7 Å². The van der Waals surface area contributed by atoms with Crippen LogP contribution in [0.25, 0.3) is 0 Å². The second-order valence-corrected chi connectivity index (χ2v) is 5.72. The summed E-state index contributed by atoms with van der Waals surface area (Å²) in [5, 5.41) is 0.688. The number of hydrogen-bond donors (Lipinski definition) is 0. The van der Waals surface area contributed by atoms with E-state index in [2.05, 4.69) is 15.9 Å². The fourth-order valence-electron chi connectivity index (χ4n) is 2.41. The first-order valence-corrected chi connectivity index (χ1v) is 6.94. The van der Waals surface area contributed by atoms with E-state index in [-0.39, 0.29) is 5.78 Å². The fourth-order valence-corrected chi connectivity index (χ4v) is 3.04. The van der Waals surface area contributed by atoms with Gasteiger partial charge in [0.05, 0.1) is 0 Å². The zero-order valence-electron chi connectivity index (χ0n) is 9.54. The van der Waals surface area contributed by atoms with Crippen LogP contribution in [0.3, 0.4) is 0 Å². The Hall–Kier alpha value is -1.12.